The van der Waals surface area contributed by atoms with Crippen molar-refractivity contribution in [3.8, 4) is 11.1 Å². The third kappa shape index (κ3) is 10.2. The molecule has 2 aromatic carbocycles. The molecule has 0 heterocycles. The number of rotatable bonds is 13. The Labute approximate surface area is 211 Å². The van der Waals surface area contributed by atoms with E-state index in [0.717, 1.165) is 16.7 Å². The Hall–Kier alpha value is -3.88. The summed E-state index contributed by atoms with van der Waals surface area (Å²) in [6.45, 7) is 5.91. The van der Waals surface area contributed by atoms with Crippen molar-refractivity contribution < 1.29 is 29.0 Å². The lowest BCUT2D eigenvalue weighted by Crippen LogP contribution is -2.50. The highest BCUT2D eigenvalue weighted by Gasteiger charge is 2.24. The maximum atomic E-state index is 12.9. The number of ether oxygens (including phenoxy) is 1. The van der Waals surface area contributed by atoms with Crippen LogP contribution in [0.15, 0.2) is 54.6 Å². The van der Waals surface area contributed by atoms with Gasteiger partial charge in [-0.1, -0.05) is 68.4 Å². The predicted molar refractivity (Wildman–Crippen MR) is 136 cm³/mol. The van der Waals surface area contributed by atoms with E-state index in [1.54, 1.807) is 0 Å². The molecule has 0 saturated carbocycles. The predicted octanol–water partition coefficient (Wildman–Crippen LogP) is 3.09. The average molecular weight is 498 g/mol. The van der Waals surface area contributed by atoms with Gasteiger partial charge in [-0.25, -0.2) is 9.59 Å². The maximum absolute atomic E-state index is 12.9. The van der Waals surface area contributed by atoms with Gasteiger partial charge in [0.25, 0.3) is 0 Å². The minimum atomic E-state index is -1.14. The standard InChI is InChI=1S/C27H35N3O6/c1-19(2)18-30(15-13-25(32)36-16-14-28-20(3)31)27(35)29-24(26(33)34)17-21-9-11-23(12-10-21)22-7-5-4-6-8-22/h4-12,19,24H,13-18H2,1-3H3,(H,28,31)(H,29,35)(H,33,34)/t24-/m0/s1. The van der Waals surface area contributed by atoms with E-state index in [1.807, 2.05) is 68.4 Å². The van der Waals surface area contributed by atoms with Crippen molar-refractivity contribution in [2.24, 2.45) is 5.92 Å². The Morgan fingerprint density at radius 1 is 0.972 bits per heavy atom. The lowest BCUT2D eigenvalue weighted by Gasteiger charge is -2.26. The van der Waals surface area contributed by atoms with Crippen molar-refractivity contribution in [2.75, 3.05) is 26.2 Å². The molecule has 194 valence electrons. The molecule has 0 fully saturated rings. The third-order valence-corrected chi connectivity index (χ3v) is 5.29. The number of hydrogen-bond donors (Lipinski definition) is 3. The zero-order chi connectivity index (χ0) is 26.5. The van der Waals surface area contributed by atoms with Crippen LogP contribution >= 0.6 is 0 Å². The number of amides is 3. The van der Waals surface area contributed by atoms with Crippen LogP contribution in [-0.4, -0.2) is 66.2 Å². The minimum absolute atomic E-state index is 0.0406. The summed E-state index contributed by atoms with van der Waals surface area (Å²) in [5.41, 5.74) is 2.85. The highest BCUT2D eigenvalue weighted by atomic mass is 16.5. The van der Waals surface area contributed by atoms with Crippen molar-refractivity contribution in [1.29, 1.82) is 0 Å². The number of carboxylic acids is 1. The number of carbonyl (C=O) groups is 4. The van der Waals surface area contributed by atoms with Crippen LogP contribution in [0.25, 0.3) is 11.1 Å². The number of nitrogens with zero attached hydrogens (tertiary/aromatic N) is 1. The second-order valence-corrected chi connectivity index (χ2v) is 8.90. The van der Waals surface area contributed by atoms with E-state index in [4.69, 9.17) is 4.74 Å². The molecule has 1 atom stereocenters. The largest absolute Gasteiger partial charge is 0.480 e. The monoisotopic (exact) mass is 497 g/mol. The number of carbonyl (C=O) groups excluding carboxylic acids is 3. The summed E-state index contributed by atoms with van der Waals surface area (Å²) in [5, 5.41) is 14.8. The summed E-state index contributed by atoms with van der Waals surface area (Å²) < 4.78 is 5.06. The molecule has 36 heavy (non-hydrogen) atoms. The van der Waals surface area contributed by atoms with E-state index in [1.165, 1.54) is 11.8 Å². The summed E-state index contributed by atoms with van der Waals surface area (Å²) in [6, 6.07) is 15.7. The number of hydrogen-bond acceptors (Lipinski definition) is 5. The van der Waals surface area contributed by atoms with Gasteiger partial charge in [0.05, 0.1) is 13.0 Å². The first-order chi connectivity index (χ1) is 17.2. The number of esters is 1. The van der Waals surface area contributed by atoms with E-state index in [-0.39, 0.29) is 44.4 Å². The second kappa shape index (κ2) is 14.5. The van der Waals surface area contributed by atoms with Gasteiger partial charge >= 0.3 is 18.0 Å². The van der Waals surface area contributed by atoms with Gasteiger partial charge in [-0.05, 0) is 22.6 Å². The van der Waals surface area contributed by atoms with Crippen LogP contribution in [0.5, 0.6) is 0 Å². The van der Waals surface area contributed by atoms with E-state index in [2.05, 4.69) is 10.6 Å². The second-order valence-electron chi connectivity index (χ2n) is 8.90. The first kappa shape index (κ1) is 28.4. The van der Waals surface area contributed by atoms with Crippen LogP contribution in [0.2, 0.25) is 0 Å². The topological polar surface area (TPSA) is 125 Å². The van der Waals surface area contributed by atoms with Crippen molar-refractivity contribution in [3.63, 3.8) is 0 Å². The molecule has 3 amide bonds. The van der Waals surface area contributed by atoms with Gasteiger partial charge < -0.3 is 25.4 Å². The average Bonchev–Trinajstić information content (AvgIpc) is 2.84. The van der Waals surface area contributed by atoms with Gasteiger partial charge in [-0.3, -0.25) is 9.59 Å². The van der Waals surface area contributed by atoms with Crippen molar-refractivity contribution in [2.45, 2.75) is 39.7 Å². The fraction of sp³-hybridized carbons (Fsp3) is 0.407. The summed E-state index contributed by atoms with van der Waals surface area (Å²) in [6.07, 6.45) is 0.0791. The molecule has 0 spiro atoms. The zero-order valence-electron chi connectivity index (χ0n) is 21.0. The third-order valence-electron chi connectivity index (χ3n) is 5.29. The Kier molecular flexibility index (Phi) is 11.4. The first-order valence-corrected chi connectivity index (χ1v) is 12.0. The quantitative estimate of drug-likeness (QED) is 0.289. The Morgan fingerprint density at radius 2 is 1.61 bits per heavy atom. The highest BCUT2D eigenvalue weighted by Crippen LogP contribution is 2.20. The molecule has 2 aromatic rings. The summed E-state index contributed by atoms with van der Waals surface area (Å²) in [7, 11) is 0. The normalized spacial score (nSPS) is 11.4. The first-order valence-electron chi connectivity index (χ1n) is 12.0. The summed E-state index contributed by atoms with van der Waals surface area (Å²) in [4.78, 5) is 49.1. The maximum Gasteiger partial charge on any atom is 0.326 e. The molecule has 0 aliphatic carbocycles. The number of benzene rings is 2. The minimum Gasteiger partial charge on any atom is -0.480 e. The van der Waals surface area contributed by atoms with E-state index in [9.17, 15) is 24.3 Å². The Morgan fingerprint density at radius 3 is 2.19 bits per heavy atom. The Bertz CT molecular complexity index is 1010. The molecule has 0 aliphatic heterocycles. The van der Waals surface area contributed by atoms with Crippen molar-refractivity contribution in [1.82, 2.24) is 15.5 Å². The Balaban J connectivity index is 1.96. The number of urea groups is 1. The molecule has 0 aliphatic rings. The molecule has 9 heteroatoms. The molecule has 9 nitrogen and oxygen atoms in total. The van der Waals surface area contributed by atoms with Gasteiger partial charge in [0.1, 0.15) is 12.6 Å². The van der Waals surface area contributed by atoms with Gasteiger partial charge in [0, 0.05) is 26.4 Å². The fourth-order valence-electron chi connectivity index (χ4n) is 3.55. The molecular formula is C27H35N3O6. The molecule has 0 radical (unpaired) electrons. The number of nitrogens with one attached hydrogen (secondary N) is 2. The van der Waals surface area contributed by atoms with Crippen molar-refractivity contribution >= 4 is 23.9 Å². The smallest absolute Gasteiger partial charge is 0.326 e. The zero-order valence-corrected chi connectivity index (χ0v) is 21.0. The van der Waals surface area contributed by atoms with Crippen LogP contribution in [0.3, 0.4) is 0 Å². The van der Waals surface area contributed by atoms with Gasteiger partial charge in [0.2, 0.25) is 5.91 Å². The van der Waals surface area contributed by atoms with Crippen LogP contribution in [0, 0.1) is 5.92 Å². The van der Waals surface area contributed by atoms with Crippen molar-refractivity contribution in [3.05, 3.63) is 60.2 Å². The molecule has 3 N–H and O–H groups in total. The lowest BCUT2D eigenvalue weighted by molar-refractivity contribution is -0.144. The lowest BCUT2D eigenvalue weighted by atomic mass is 10.0. The fourth-order valence-corrected chi connectivity index (χ4v) is 3.55. The van der Waals surface area contributed by atoms with Crippen LogP contribution < -0.4 is 10.6 Å². The van der Waals surface area contributed by atoms with Crippen LogP contribution in [-0.2, 0) is 25.5 Å². The van der Waals surface area contributed by atoms with E-state index < -0.39 is 24.0 Å². The van der Waals surface area contributed by atoms with E-state index in [0.29, 0.717) is 6.54 Å². The molecular weight excluding hydrogens is 462 g/mol. The van der Waals surface area contributed by atoms with Gasteiger partial charge in [0.15, 0.2) is 0 Å². The number of carboxylic acid groups (broad SMARTS) is 1. The van der Waals surface area contributed by atoms with Gasteiger partial charge in [-0.2, -0.15) is 0 Å². The van der Waals surface area contributed by atoms with Crippen LogP contribution in [0.1, 0.15) is 32.8 Å². The SMILES string of the molecule is CC(=O)NCCOC(=O)CCN(CC(C)C)C(=O)N[C@@H](Cc1ccc(-c2ccccc2)cc1)C(=O)O. The van der Waals surface area contributed by atoms with Crippen LogP contribution in [0.4, 0.5) is 4.79 Å². The molecule has 0 aromatic heterocycles. The molecule has 2 rings (SSSR count). The molecule has 0 unspecified atom stereocenters. The molecule has 0 bridgehead atoms. The van der Waals surface area contributed by atoms with E-state index >= 15 is 0 Å². The number of aliphatic carboxylic acids is 1. The highest BCUT2D eigenvalue weighted by molar-refractivity contribution is 5.83. The van der Waals surface area contributed by atoms with Gasteiger partial charge in [-0.15, -0.1) is 0 Å². The molecule has 0 saturated heterocycles. The summed E-state index contributed by atoms with van der Waals surface area (Å²) in [5.74, 6) is -1.75. The summed E-state index contributed by atoms with van der Waals surface area (Å²) >= 11 is 0.